The maximum Gasteiger partial charge on any atom is 0.328 e. The van der Waals surface area contributed by atoms with E-state index in [0.29, 0.717) is 36.5 Å². The first-order valence-corrected chi connectivity index (χ1v) is 9.89. The molecule has 3 N–H and O–H groups in total. The van der Waals surface area contributed by atoms with E-state index in [1.54, 1.807) is 0 Å². The number of nitriles is 1. The third kappa shape index (κ3) is 4.61. The van der Waals surface area contributed by atoms with Gasteiger partial charge < -0.3 is 15.2 Å². The third-order valence-electron chi connectivity index (χ3n) is 5.77. The summed E-state index contributed by atoms with van der Waals surface area (Å²) < 4.78 is 0. The fourth-order valence-electron chi connectivity index (χ4n) is 4.69. The molecule has 156 valence electrons. The fourth-order valence-corrected chi connectivity index (χ4v) is 4.69. The lowest BCUT2D eigenvalue weighted by Crippen LogP contribution is -2.49. The van der Waals surface area contributed by atoms with E-state index in [1.165, 1.54) is 22.0 Å². The van der Waals surface area contributed by atoms with Crippen LogP contribution >= 0.6 is 0 Å². The van der Waals surface area contributed by atoms with Crippen molar-refractivity contribution < 1.29 is 19.8 Å². The van der Waals surface area contributed by atoms with E-state index >= 15 is 0 Å². The lowest BCUT2D eigenvalue weighted by atomic mass is 9.72. The molecular weight excluding hydrogens is 382 g/mol. The summed E-state index contributed by atoms with van der Waals surface area (Å²) in [5.41, 5.74) is 4.17. The van der Waals surface area contributed by atoms with Crippen LogP contribution in [0.3, 0.4) is 0 Å². The minimum absolute atomic E-state index is 0.474. The summed E-state index contributed by atoms with van der Waals surface area (Å²) in [6.07, 6.45) is 8.19. The molecule has 7 heteroatoms. The van der Waals surface area contributed by atoms with Gasteiger partial charge in [-0.3, -0.25) is 4.90 Å². The van der Waals surface area contributed by atoms with Gasteiger partial charge in [-0.1, -0.05) is 18.2 Å². The number of rotatable bonds is 5. The maximum atomic E-state index is 9.55. The number of likely N-dealkylation sites (tertiary alicyclic amines) is 1. The predicted molar refractivity (Wildman–Crippen MR) is 113 cm³/mol. The molecule has 1 aromatic heterocycles. The quantitative estimate of drug-likeness (QED) is 0.517. The van der Waals surface area contributed by atoms with Crippen LogP contribution in [-0.4, -0.2) is 51.2 Å². The Labute approximate surface area is 174 Å². The smallest absolute Gasteiger partial charge is 0.328 e. The second kappa shape index (κ2) is 9.42. The van der Waals surface area contributed by atoms with Crippen molar-refractivity contribution in [1.29, 1.82) is 5.26 Å². The van der Waals surface area contributed by atoms with Crippen LogP contribution in [0.25, 0.3) is 10.9 Å². The van der Waals surface area contributed by atoms with E-state index in [1.807, 2.05) is 6.08 Å². The molecule has 1 aliphatic carbocycles. The van der Waals surface area contributed by atoms with Gasteiger partial charge in [-0.2, -0.15) is 5.26 Å². The Morgan fingerprint density at radius 2 is 2.03 bits per heavy atom. The minimum atomic E-state index is -1.26. The number of benzene rings is 1. The molecule has 0 saturated carbocycles. The van der Waals surface area contributed by atoms with Crippen LogP contribution < -0.4 is 0 Å². The Kier molecular flexibility index (Phi) is 6.70. The number of nitrogens with one attached hydrogen (secondary N) is 1. The number of hydrogen-bond donors (Lipinski definition) is 3. The number of piperidine rings is 1. The largest absolute Gasteiger partial charge is 0.478 e. The van der Waals surface area contributed by atoms with Crippen molar-refractivity contribution in [2.75, 3.05) is 13.1 Å². The number of carbonyl (C=O) groups is 2. The Morgan fingerprint density at radius 3 is 2.67 bits per heavy atom. The molecule has 1 saturated heterocycles. The van der Waals surface area contributed by atoms with Gasteiger partial charge in [0.05, 0.1) is 6.07 Å². The summed E-state index contributed by atoms with van der Waals surface area (Å²) >= 11 is 0. The molecule has 2 aliphatic rings. The second-order valence-corrected chi connectivity index (χ2v) is 7.68. The summed E-state index contributed by atoms with van der Waals surface area (Å²) in [7, 11) is 0. The number of fused-ring (bicyclic) bond motifs is 2. The van der Waals surface area contributed by atoms with Gasteiger partial charge in [0, 0.05) is 60.7 Å². The van der Waals surface area contributed by atoms with Crippen molar-refractivity contribution >= 4 is 22.8 Å². The Hall–Kier alpha value is -3.37. The molecule has 3 atom stereocenters. The number of H-pyrrole nitrogens is 1. The van der Waals surface area contributed by atoms with Gasteiger partial charge in [0.1, 0.15) is 0 Å². The molecule has 1 aliphatic heterocycles. The van der Waals surface area contributed by atoms with E-state index in [2.05, 4.69) is 46.9 Å². The Balaban J connectivity index is 0.000000275. The molecular formula is C23H25N3O4. The Bertz CT molecular complexity index is 1000. The number of aliphatic carboxylic acids is 2. The summed E-state index contributed by atoms with van der Waals surface area (Å²) in [5, 5.41) is 26.2. The second-order valence-electron chi connectivity index (χ2n) is 7.68. The first-order chi connectivity index (χ1) is 14.4. The summed E-state index contributed by atoms with van der Waals surface area (Å²) in [5.74, 6) is -1.50. The summed E-state index contributed by atoms with van der Waals surface area (Å²) in [6, 6.07) is 9.53. The van der Waals surface area contributed by atoms with Gasteiger partial charge in [-0.25, -0.2) is 9.59 Å². The predicted octanol–water partition coefficient (Wildman–Crippen LogP) is 3.31. The SMILES string of the molecule is C=CCN1C[C@H](CC#N)CC2c3cccc4[nH]cc(c34)C[C@H]21.O=C(O)/C=C/C(=O)O. The Morgan fingerprint density at radius 1 is 1.30 bits per heavy atom. The molecule has 1 aromatic carbocycles. The van der Waals surface area contributed by atoms with E-state index in [9.17, 15) is 9.59 Å². The van der Waals surface area contributed by atoms with Crippen molar-refractivity contribution in [3.8, 4) is 6.07 Å². The molecule has 0 bridgehead atoms. The first-order valence-electron chi connectivity index (χ1n) is 9.89. The highest BCUT2D eigenvalue weighted by atomic mass is 16.4. The number of carboxylic acids is 2. The molecule has 0 spiro atoms. The van der Waals surface area contributed by atoms with Crippen molar-refractivity contribution in [3.05, 3.63) is 60.3 Å². The standard InChI is InChI=1S/C19H21N3.C4H4O4/c1-2-8-22-12-13(6-7-20)9-16-15-4-3-5-17-19(15)14(11-21-17)10-18(16)22;5-3(6)1-2-4(7)8/h2-5,11,13,16,18,21H,1,6,8-10,12H2;1-2H,(H,5,6)(H,7,8)/b;2-1+/t13-,16?,18-;/m1./s1. The highest BCUT2D eigenvalue weighted by Crippen LogP contribution is 2.45. The topological polar surface area (TPSA) is 117 Å². The van der Waals surface area contributed by atoms with Crippen molar-refractivity contribution in [2.45, 2.75) is 31.2 Å². The molecule has 1 fully saturated rings. The van der Waals surface area contributed by atoms with E-state index in [0.717, 1.165) is 25.9 Å². The number of hydrogen-bond acceptors (Lipinski definition) is 4. The van der Waals surface area contributed by atoms with Crippen LogP contribution in [0.15, 0.2) is 49.2 Å². The highest BCUT2D eigenvalue weighted by Gasteiger charge is 2.40. The van der Waals surface area contributed by atoms with Crippen LogP contribution in [0.5, 0.6) is 0 Å². The van der Waals surface area contributed by atoms with Gasteiger partial charge in [0.15, 0.2) is 0 Å². The van der Waals surface area contributed by atoms with Crippen molar-refractivity contribution in [1.82, 2.24) is 9.88 Å². The van der Waals surface area contributed by atoms with Crippen LogP contribution in [0, 0.1) is 17.2 Å². The van der Waals surface area contributed by atoms with Crippen LogP contribution in [-0.2, 0) is 16.0 Å². The monoisotopic (exact) mass is 407 g/mol. The molecule has 1 unspecified atom stereocenters. The number of nitrogens with zero attached hydrogens (tertiary/aromatic N) is 2. The lowest BCUT2D eigenvalue weighted by molar-refractivity contribution is -0.134. The molecule has 7 nitrogen and oxygen atoms in total. The highest BCUT2D eigenvalue weighted by molar-refractivity contribution is 5.89. The summed E-state index contributed by atoms with van der Waals surface area (Å²) in [4.78, 5) is 25.1. The number of aromatic amines is 1. The normalized spacial score (nSPS) is 22.6. The van der Waals surface area contributed by atoms with Gasteiger partial charge >= 0.3 is 11.9 Å². The zero-order valence-electron chi connectivity index (χ0n) is 16.6. The number of carboxylic acid groups (broad SMARTS) is 2. The third-order valence-corrected chi connectivity index (χ3v) is 5.77. The number of aromatic nitrogens is 1. The zero-order valence-corrected chi connectivity index (χ0v) is 16.6. The van der Waals surface area contributed by atoms with E-state index in [4.69, 9.17) is 15.5 Å². The average molecular weight is 407 g/mol. The van der Waals surface area contributed by atoms with Gasteiger partial charge in [-0.05, 0) is 36.0 Å². The van der Waals surface area contributed by atoms with Gasteiger partial charge in [-0.15, -0.1) is 6.58 Å². The van der Waals surface area contributed by atoms with Crippen LogP contribution in [0.2, 0.25) is 0 Å². The van der Waals surface area contributed by atoms with E-state index in [-0.39, 0.29) is 0 Å². The first kappa shape index (κ1) is 21.3. The van der Waals surface area contributed by atoms with Crippen molar-refractivity contribution in [3.63, 3.8) is 0 Å². The van der Waals surface area contributed by atoms with Gasteiger partial charge in [0.25, 0.3) is 0 Å². The molecule has 0 amide bonds. The van der Waals surface area contributed by atoms with Crippen LogP contribution in [0.4, 0.5) is 0 Å². The molecule has 0 radical (unpaired) electrons. The fraction of sp³-hybridized carbons (Fsp3) is 0.348. The molecule has 2 aromatic rings. The zero-order chi connectivity index (χ0) is 21.7. The molecule has 30 heavy (non-hydrogen) atoms. The van der Waals surface area contributed by atoms with E-state index < -0.39 is 11.9 Å². The van der Waals surface area contributed by atoms with Crippen LogP contribution in [0.1, 0.15) is 29.9 Å². The molecule has 2 heterocycles. The molecule has 4 rings (SSSR count). The van der Waals surface area contributed by atoms with Gasteiger partial charge in [0.2, 0.25) is 0 Å². The average Bonchev–Trinajstić information content (AvgIpc) is 3.13. The lowest BCUT2D eigenvalue weighted by Gasteiger charge is -2.46. The summed E-state index contributed by atoms with van der Waals surface area (Å²) in [6.45, 7) is 5.86. The van der Waals surface area contributed by atoms with Crippen molar-refractivity contribution in [2.24, 2.45) is 5.92 Å². The maximum absolute atomic E-state index is 9.55. The minimum Gasteiger partial charge on any atom is -0.478 e.